The van der Waals surface area contributed by atoms with Crippen LogP contribution in [-0.2, 0) is 0 Å². The van der Waals surface area contributed by atoms with Crippen LogP contribution >= 0.6 is 0 Å². The van der Waals surface area contributed by atoms with E-state index in [-0.39, 0.29) is 11.4 Å². The van der Waals surface area contributed by atoms with E-state index in [2.05, 4.69) is 4.98 Å². The fourth-order valence-electron chi connectivity index (χ4n) is 2.20. The molecule has 2 aromatic carbocycles. The van der Waals surface area contributed by atoms with Gasteiger partial charge in [0.25, 0.3) is 5.69 Å². The van der Waals surface area contributed by atoms with Gasteiger partial charge in [0.15, 0.2) is 0 Å². The number of pyridine rings is 1. The first-order valence-electron chi connectivity index (χ1n) is 6.89. The summed E-state index contributed by atoms with van der Waals surface area (Å²) in [6.45, 7) is 0. The molecule has 0 bridgehead atoms. The van der Waals surface area contributed by atoms with Crippen LogP contribution < -0.4 is 4.74 Å². The van der Waals surface area contributed by atoms with Gasteiger partial charge >= 0.3 is 5.69 Å². The average Bonchev–Trinajstić information content (AvgIpc) is 2.61. The highest BCUT2D eigenvalue weighted by Gasteiger charge is 2.21. The monoisotopic (exact) mass is 336 g/mol. The Hall–Kier alpha value is -4.06. The van der Waals surface area contributed by atoms with Crippen molar-refractivity contribution in [3.05, 3.63) is 74.5 Å². The summed E-state index contributed by atoms with van der Waals surface area (Å²) in [7, 11) is 0. The lowest BCUT2D eigenvalue weighted by atomic mass is 10.2. The Morgan fingerprint density at radius 2 is 1.80 bits per heavy atom. The van der Waals surface area contributed by atoms with Crippen LogP contribution in [0.2, 0.25) is 0 Å². The fourth-order valence-corrected chi connectivity index (χ4v) is 2.20. The van der Waals surface area contributed by atoms with Gasteiger partial charge in [-0.3, -0.25) is 20.2 Å². The Morgan fingerprint density at radius 3 is 2.48 bits per heavy atom. The van der Waals surface area contributed by atoms with Crippen molar-refractivity contribution in [2.24, 2.45) is 0 Å². The highest BCUT2D eigenvalue weighted by molar-refractivity contribution is 5.80. The number of ether oxygens (including phenoxy) is 1. The number of rotatable bonds is 4. The van der Waals surface area contributed by atoms with Crippen LogP contribution in [0.1, 0.15) is 5.69 Å². The maximum Gasteiger partial charge on any atom is 0.318 e. The molecule has 122 valence electrons. The molecule has 1 heterocycles. The molecule has 0 radical (unpaired) electrons. The molecule has 0 N–H and O–H groups in total. The predicted molar refractivity (Wildman–Crippen MR) is 86.3 cm³/mol. The van der Waals surface area contributed by atoms with E-state index in [1.165, 1.54) is 6.07 Å². The van der Waals surface area contributed by atoms with Gasteiger partial charge < -0.3 is 4.74 Å². The van der Waals surface area contributed by atoms with Gasteiger partial charge in [0.05, 0.1) is 21.4 Å². The van der Waals surface area contributed by atoms with E-state index in [1.54, 1.807) is 30.3 Å². The van der Waals surface area contributed by atoms with Crippen LogP contribution in [0, 0.1) is 31.6 Å². The van der Waals surface area contributed by atoms with Crippen molar-refractivity contribution < 1.29 is 14.6 Å². The molecule has 9 heteroatoms. The second-order valence-electron chi connectivity index (χ2n) is 4.93. The average molecular weight is 336 g/mol. The lowest BCUT2D eigenvalue weighted by Crippen LogP contribution is -1.96. The van der Waals surface area contributed by atoms with E-state index in [1.807, 2.05) is 6.07 Å². The molecule has 3 aromatic rings. The molecule has 1 aromatic heterocycles. The molecule has 0 amide bonds. The Labute approximate surface area is 140 Å². The zero-order valence-corrected chi connectivity index (χ0v) is 12.4. The van der Waals surface area contributed by atoms with E-state index in [4.69, 9.17) is 10.00 Å². The second-order valence-corrected chi connectivity index (χ2v) is 4.93. The molecule has 0 aliphatic heterocycles. The third-order valence-corrected chi connectivity index (χ3v) is 3.35. The van der Waals surface area contributed by atoms with E-state index in [9.17, 15) is 20.2 Å². The maximum atomic E-state index is 11.1. The first kappa shape index (κ1) is 15.8. The maximum absolute atomic E-state index is 11.1. The molecule has 0 unspecified atom stereocenters. The Kier molecular flexibility index (Phi) is 3.93. The van der Waals surface area contributed by atoms with Crippen molar-refractivity contribution in [1.82, 2.24) is 4.98 Å². The van der Waals surface area contributed by atoms with Gasteiger partial charge in [-0.2, -0.15) is 5.26 Å². The summed E-state index contributed by atoms with van der Waals surface area (Å²) in [4.78, 5) is 24.5. The second kappa shape index (κ2) is 6.21. The lowest BCUT2D eigenvalue weighted by molar-refractivity contribution is -0.394. The third kappa shape index (κ3) is 3.18. The number of hydrogen-bond acceptors (Lipinski definition) is 7. The van der Waals surface area contributed by atoms with Gasteiger partial charge in [0, 0.05) is 11.5 Å². The smallest absolute Gasteiger partial charge is 0.318 e. The first-order valence-corrected chi connectivity index (χ1v) is 6.89. The molecule has 0 aliphatic carbocycles. The summed E-state index contributed by atoms with van der Waals surface area (Å²) in [6, 6.07) is 13.1. The number of hydrogen-bond donors (Lipinski definition) is 0. The largest absolute Gasteiger partial charge is 0.450 e. The van der Waals surface area contributed by atoms with Crippen LogP contribution in [0.25, 0.3) is 10.9 Å². The Bertz CT molecular complexity index is 1060. The number of nitriles is 1. The minimum absolute atomic E-state index is 0.114. The van der Waals surface area contributed by atoms with Crippen LogP contribution in [0.4, 0.5) is 11.4 Å². The zero-order chi connectivity index (χ0) is 18.0. The summed E-state index contributed by atoms with van der Waals surface area (Å²) in [5.74, 6) is 0.188. The molecule has 0 saturated heterocycles. The number of nitro groups is 2. The minimum Gasteiger partial charge on any atom is -0.450 e. The molecule has 25 heavy (non-hydrogen) atoms. The lowest BCUT2D eigenvalue weighted by Gasteiger charge is -2.07. The summed E-state index contributed by atoms with van der Waals surface area (Å²) in [5, 5.41) is 31.4. The summed E-state index contributed by atoms with van der Waals surface area (Å²) in [5.41, 5.74) is -0.0604. The number of nitrogens with zero attached hydrogens (tertiary/aromatic N) is 4. The first-order chi connectivity index (χ1) is 12.0. The molecular weight excluding hydrogens is 328 g/mol. The highest BCUT2D eigenvalue weighted by Crippen LogP contribution is 2.35. The topological polar surface area (TPSA) is 132 Å². The molecule has 3 rings (SSSR count). The van der Waals surface area contributed by atoms with E-state index < -0.39 is 21.2 Å². The number of fused-ring (bicyclic) bond motifs is 1. The summed E-state index contributed by atoms with van der Waals surface area (Å²) < 4.78 is 5.51. The van der Waals surface area contributed by atoms with Crippen molar-refractivity contribution in [3.8, 4) is 17.6 Å². The molecule has 9 nitrogen and oxygen atoms in total. The van der Waals surface area contributed by atoms with Crippen LogP contribution in [0.5, 0.6) is 11.5 Å². The normalized spacial score (nSPS) is 10.2. The Balaban J connectivity index is 1.99. The summed E-state index contributed by atoms with van der Waals surface area (Å²) in [6.07, 6.45) is 0. The van der Waals surface area contributed by atoms with Crippen molar-refractivity contribution >= 4 is 22.3 Å². The van der Waals surface area contributed by atoms with E-state index in [0.29, 0.717) is 16.7 Å². The molecule has 0 atom stereocenters. The van der Waals surface area contributed by atoms with Crippen LogP contribution in [0.15, 0.2) is 48.5 Å². The van der Waals surface area contributed by atoms with Gasteiger partial charge in [0.1, 0.15) is 17.5 Å². The Morgan fingerprint density at radius 1 is 1.00 bits per heavy atom. The standard InChI is InChI=1S/C16H8N4O5/c17-9-11-2-1-10-7-13(4-5-14(10)18-11)25-16-6-3-12(19(21)22)8-15(16)20(23)24/h1-8H. The van der Waals surface area contributed by atoms with Crippen LogP contribution in [0.3, 0.4) is 0 Å². The molecule has 0 fully saturated rings. The van der Waals surface area contributed by atoms with Gasteiger partial charge in [-0.15, -0.1) is 0 Å². The number of aromatic nitrogens is 1. The SMILES string of the molecule is N#Cc1ccc2cc(Oc3ccc([N+](=O)[O-])cc3[N+](=O)[O-])ccc2n1. The number of nitro benzene ring substituents is 2. The minimum atomic E-state index is -0.746. The highest BCUT2D eigenvalue weighted by atomic mass is 16.6. The van der Waals surface area contributed by atoms with Crippen molar-refractivity contribution in [1.29, 1.82) is 5.26 Å². The number of benzene rings is 2. The van der Waals surface area contributed by atoms with Gasteiger partial charge in [-0.05, 0) is 36.4 Å². The fraction of sp³-hybridized carbons (Fsp3) is 0. The molecular formula is C16H8N4O5. The summed E-state index contributed by atoms with van der Waals surface area (Å²) >= 11 is 0. The van der Waals surface area contributed by atoms with Crippen molar-refractivity contribution in [2.75, 3.05) is 0 Å². The van der Waals surface area contributed by atoms with Crippen LogP contribution in [-0.4, -0.2) is 14.8 Å². The molecule has 0 spiro atoms. The predicted octanol–water partition coefficient (Wildman–Crippen LogP) is 3.72. The third-order valence-electron chi connectivity index (χ3n) is 3.35. The van der Waals surface area contributed by atoms with E-state index in [0.717, 1.165) is 12.1 Å². The zero-order valence-electron chi connectivity index (χ0n) is 12.4. The van der Waals surface area contributed by atoms with Gasteiger partial charge in [-0.1, -0.05) is 0 Å². The van der Waals surface area contributed by atoms with Crippen molar-refractivity contribution in [2.45, 2.75) is 0 Å². The van der Waals surface area contributed by atoms with E-state index >= 15 is 0 Å². The van der Waals surface area contributed by atoms with Gasteiger partial charge in [-0.25, -0.2) is 4.98 Å². The van der Waals surface area contributed by atoms with Gasteiger partial charge in [0.2, 0.25) is 5.75 Å². The number of non-ortho nitro benzene ring substituents is 1. The van der Waals surface area contributed by atoms with Crippen molar-refractivity contribution in [3.63, 3.8) is 0 Å². The molecule has 0 aliphatic rings. The quantitative estimate of drug-likeness (QED) is 0.523. The molecule has 0 saturated carbocycles.